The second kappa shape index (κ2) is 8.83. The van der Waals surface area contributed by atoms with E-state index in [0.717, 1.165) is 5.56 Å². The van der Waals surface area contributed by atoms with Crippen LogP contribution in [0.3, 0.4) is 0 Å². The molecule has 0 spiro atoms. The van der Waals surface area contributed by atoms with Gasteiger partial charge in [0, 0.05) is 12.6 Å². The summed E-state index contributed by atoms with van der Waals surface area (Å²) in [6.45, 7) is 0.402. The lowest BCUT2D eigenvalue weighted by molar-refractivity contribution is 0.140. The lowest BCUT2D eigenvalue weighted by Crippen LogP contribution is -2.39. The number of hydrogen-bond acceptors (Lipinski definition) is 6. The van der Waals surface area contributed by atoms with Crippen LogP contribution in [0.5, 0.6) is 0 Å². The number of hydrogen-bond donors (Lipinski definition) is 2. The zero-order valence-electron chi connectivity index (χ0n) is 16.3. The molecule has 0 aliphatic carbocycles. The fourth-order valence-corrected chi connectivity index (χ4v) is 3.72. The van der Waals surface area contributed by atoms with E-state index >= 15 is 0 Å². The number of carbonyl (C=O) groups excluding carboxylic acids is 2. The van der Waals surface area contributed by atoms with Gasteiger partial charge in [0.2, 0.25) is 5.82 Å². The summed E-state index contributed by atoms with van der Waals surface area (Å²) in [4.78, 5) is 29.4. The van der Waals surface area contributed by atoms with Gasteiger partial charge in [0.25, 0.3) is 5.89 Å². The van der Waals surface area contributed by atoms with Crippen molar-refractivity contribution in [3.63, 3.8) is 0 Å². The minimum atomic E-state index is -0.562. The van der Waals surface area contributed by atoms with Crippen molar-refractivity contribution in [2.24, 2.45) is 0 Å². The first-order valence-electron chi connectivity index (χ1n) is 9.28. The van der Waals surface area contributed by atoms with Crippen LogP contribution in [0, 0.1) is 0 Å². The van der Waals surface area contributed by atoms with Crippen LogP contribution >= 0.6 is 23.2 Å². The van der Waals surface area contributed by atoms with E-state index in [1.807, 2.05) is 30.3 Å². The number of halogens is 2. The molecule has 9 nitrogen and oxygen atoms in total. The fraction of sp³-hybridized carbons (Fsp3) is 0.200. The van der Waals surface area contributed by atoms with Gasteiger partial charge in [0.1, 0.15) is 6.10 Å². The maximum Gasteiger partial charge on any atom is 0.414 e. The zero-order valence-corrected chi connectivity index (χ0v) is 17.8. The maximum atomic E-state index is 12.3. The molecule has 2 aromatic carbocycles. The van der Waals surface area contributed by atoms with Gasteiger partial charge in [-0.15, -0.1) is 0 Å². The van der Waals surface area contributed by atoms with Gasteiger partial charge in [-0.25, -0.2) is 9.59 Å². The number of nitrogens with one attached hydrogen (secondary N) is 2. The normalized spacial score (nSPS) is 15.6. The molecular formula is C20H17Cl2N5O4. The van der Waals surface area contributed by atoms with Crippen molar-refractivity contribution >= 4 is 41.0 Å². The van der Waals surface area contributed by atoms with Gasteiger partial charge in [-0.1, -0.05) is 58.7 Å². The molecule has 0 saturated carbocycles. The van der Waals surface area contributed by atoms with E-state index in [9.17, 15) is 9.59 Å². The summed E-state index contributed by atoms with van der Waals surface area (Å²) in [5, 5.41) is 9.50. The van der Waals surface area contributed by atoms with E-state index in [0.29, 0.717) is 17.1 Å². The predicted molar refractivity (Wildman–Crippen MR) is 115 cm³/mol. The van der Waals surface area contributed by atoms with Crippen molar-refractivity contribution in [2.75, 3.05) is 25.0 Å². The molecule has 11 heteroatoms. The zero-order chi connectivity index (χ0) is 22.0. The Morgan fingerprint density at radius 1 is 1.23 bits per heavy atom. The molecule has 31 heavy (non-hydrogen) atoms. The number of aromatic nitrogens is 2. The number of nitrogens with zero attached hydrogens (tertiary/aromatic N) is 3. The number of benzene rings is 2. The summed E-state index contributed by atoms with van der Waals surface area (Å²) in [6, 6.07) is 12.1. The Morgan fingerprint density at radius 3 is 2.61 bits per heavy atom. The number of carbonyl (C=O) groups is 2. The third kappa shape index (κ3) is 4.42. The van der Waals surface area contributed by atoms with Gasteiger partial charge in [-0.05, 0) is 12.1 Å². The third-order valence-corrected chi connectivity index (χ3v) is 5.20. The average molecular weight is 462 g/mol. The van der Waals surface area contributed by atoms with Crippen LogP contribution in [-0.4, -0.2) is 48.5 Å². The van der Waals surface area contributed by atoms with Gasteiger partial charge >= 0.3 is 12.1 Å². The van der Waals surface area contributed by atoms with Crippen molar-refractivity contribution in [1.82, 2.24) is 20.8 Å². The minimum Gasteiger partial charge on any atom is -0.442 e. The first kappa shape index (κ1) is 21.0. The molecule has 3 aromatic rings. The van der Waals surface area contributed by atoms with Crippen molar-refractivity contribution < 1.29 is 18.8 Å². The molecule has 1 aliphatic heterocycles. The highest BCUT2D eigenvalue weighted by Gasteiger charge is 2.33. The summed E-state index contributed by atoms with van der Waals surface area (Å²) in [5.41, 5.74) is 1.61. The number of amides is 3. The quantitative estimate of drug-likeness (QED) is 0.594. The molecule has 1 atom stereocenters. The molecular weight excluding hydrogens is 445 g/mol. The highest BCUT2D eigenvalue weighted by atomic mass is 35.5. The minimum absolute atomic E-state index is 0.164. The molecule has 1 aliphatic rings. The molecule has 4 rings (SSSR count). The first-order chi connectivity index (χ1) is 15.0. The van der Waals surface area contributed by atoms with Gasteiger partial charge in [0.05, 0.1) is 34.4 Å². The Kier molecular flexibility index (Phi) is 5.97. The van der Waals surface area contributed by atoms with Crippen molar-refractivity contribution in [3.8, 4) is 22.8 Å². The lowest BCUT2D eigenvalue weighted by atomic mass is 10.1. The van der Waals surface area contributed by atoms with E-state index in [4.69, 9.17) is 32.5 Å². The van der Waals surface area contributed by atoms with E-state index in [-0.39, 0.29) is 35.1 Å². The number of rotatable bonds is 5. The molecule has 0 bridgehead atoms. The summed E-state index contributed by atoms with van der Waals surface area (Å²) in [6.07, 6.45) is -1.07. The highest BCUT2D eigenvalue weighted by molar-refractivity contribution is 6.39. The lowest BCUT2D eigenvalue weighted by Gasteiger charge is -2.15. The Bertz CT molecular complexity index is 1100. The summed E-state index contributed by atoms with van der Waals surface area (Å²) in [7, 11) is 1.50. The van der Waals surface area contributed by atoms with Crippen molar-refractivity contribution in [1.29, 1.82) is 0 Å². The van der Waals surface area contributed by atoms with E-state index in [1.54, 1.807) is 12.1 Å². The molecule has 2 heterocycles. The number of anilines is 1. The van der Waals surface area contributed by atoms with E-state index in [2.05, 4.69) is 20.8 Å². The van der Waals surface area contributed by atoms with Crippen LogP contribution in [0.2, 0.25) is 10.0 Å². The Labute approximate surface area is 187 Å². The average Bonchev–Trinajstić information content (AvgIpc) is 3.39. The third-order valence-electron chi connectivity index (χ3n) is 4.60. The van der Waals surface area contributed by atoms with Gasteiger partial charge < -0.3 is 19.9 Å². The first-order valence-corrected chi connectivity index (χ1v) is 10.0. The standard InChI is InChI=1S/C20H17Cl2N5O4/c1-23-19(28)24-9-13-10-27(20(29)30-13)12-7-14(21)16(15(22)8-12)18-25-17(26-31-18)11-5-3-2-4-6-11/h2-8,13H,9-10H2,1H3,(H2,23,24,28). The van der Waals surface area contributed by atoms with E-state index < -0.39 is 12.2 Å². The molecule has 1 aromatic heterocycles. The maximum absolute atomic E-state index is 12.3. The molecule has 1 fully saturated rings. The molecule has 1 saturated heterocycles. The number of cyclic esters (lactones) is 1. The van der Waals surface area contributed by atoms with Crippen molar-refractivity contribution in [2.45, 2.75) is 6.10 Å². The Hall–Kier alpha value is -3.30. The molecule has 2 N–H and O–H groups in total. The fourth-order valence-electron chi connectivity index (χ4n) is 3.08. The number of urea groups is 1. The molecule has 1 unspecified atom stereocenters. The second-order valence-corrected chi connectivity index (χ2v) is 7.46. The number of ether oxygens (including phenoxy) is 1. The summed E-state index contributed by atoms with van der Waals surface area (Å²) < 4.78 is 10.6. The van der Waals surface area contributed by atoms with E-state index in [1.165, 1.54) is 11.9 Å². The summed E-state index contributed by atoms with van der Waals surface area (Å²) in [5.74, 6) is 0.568. The van der Waals surface area contributed by atoms with Crippen LogP contribution < -0.4 is 15.5 Å². The van der Waals surface area contributed by atoms with Gasteiger partial charge in [-0.2, -0.15) is 4.98 Å². The van der Waals surface area contributed by atoms with Crippen LogP contribution in [0.1, 0.15) is 0 Å². The Balaban J connectivity index is 1.55. The van der Waals surface area contributed by atoms with Crippen LogP contribution in [-0.2, 0) is 4.74 Å². The topological polar surface area (TPSA) is 110 Å². The highest BCUT2D eigenvalue weighted by Crippen LogP contribution is 2.39. The molecule has 160 valence electrons. The summed E-state index contributed by atoms with van der Waals surface area (Å²) >= 11 is 12.9. The Morgan fingerprint density at radius 2 is 1.94 bits per heavy atom. The predicted octanol–water partition coefficient (Wildman–Crippen LogP) is 3.96. The van der Waals surface area contributed by atoms with Crippen LogP contribution in [0.15, 0.2) is 47.0 Å². The van der Waals surface area contributed by atoms with Crippen molar-refractivity contribution in [3.05, 3.63) is 52.5 Å². The smallest absolute Gasteiger partial charge is 0.414 e. The second-order valence-electron chi connectivity index (χ2n) is 6.65. The van der Waals surface area contributed by atoms with Crippen LogP contribution in [0.25, 0.3) is 22.8 Å². The monoisotopic (exact) mass is 461 g/mol. The van der Waals surface area contributed by atoms with Crippen LogP contribution in [0.4, 0.5) is 15.3 Å². The SMILES string of the molecule is CNC(=O)NCC1CN(c2cc(Cl)c(-c3nc(-c4ccccc4)no3)c(Cl)c2)C(=O)O1. The molecule has 0 radical (unpaired) electrons. The van der Waals surface area contributed by atoms with Gasteiger partial charge in [-0.3, -0.25) is 4.90 Å². The van der Waals surface area contributed by atoms with Gasteiger partial charge in [0.15, 0.2) is 0 Å². The molecule has 3 amide bonds. The largest absolute Gasteiger partial charge is 0.442 e.